The number of benzene rings is 10. The van der Waals surface area contributed by atoms with Crippen LogP contribution in [0.4, 0.5) is 26.3 Å². The minimum absolute atomic E-state index is 0.177. The highest BCUT2D eigenvalue weighted by Gasteiger charge is 2.39. The molecule has 0 aliphatic carbocycles. The number of halogens is 6. The zero-order chi connectivity index (χ0) is 54.0. The van der Waals surface area contributed by atoms with Crippen LogP contribution in [0.5, 0.6) is 0 Å². The van der Waals surface area contributed by atoms with E-state index < -0.39 is 34.6 Å². The molecule has 0 aliphatic rings. The number of hydrogen-bond donors (Lipinski definition) is 0. The Hall–Kier alpha value is -10.7. The molecule has 0 amide bonds. The molecule has 2 heterocycles. The van der Waals surface area contributed by atoms with Crippen LogP contribution in [0.2, 0.25) is 0 Å². The standard InChI is InChI=1S/C66H34F6N6/c67-65(68,69)59-23-21-51(77-61-25-17-47(43-9-1-39(35-73)2-10-43)29-55(61)56-30-48(18-26-62(56)77)44-11-3-40(36-74)4-12-44)33-53(59)54-34-52(22-24-60(54)66(70,71)72)78-63-27-19-49(45-13-5-41(37-75)6-14-45)31-57(63)58-32-50(20-28-64(58)78)46-15-7-42(38-76)8-16-46/h1-34H. The van der Waals surface area contributed by atoms with Crippen molar-refractivity contribution in [1.29, 1.82) is 21.0 Å². The van der Waals surface area contributed by atoms with Gasteiger partial charge in [0.25, 0.3) is 0 Å². The molecular weight excluding hydrogens is 991 g/mol. The number of nitriles is 4. The van der Waals surface area contributed by atoms with E-state index in [1.807, 2.05) is 121 Å². The van der Waals surface area contributed by atoms with Crippen molar-refractivity contribution < 1.29 is 26.3 Å². The Bertz CT molecular complexity index is 4070. The zero-order valence-electron chi connectivity index (χ0n) is 40.6. The van der Waals surface area contributed by atoms with Gasteiger partial charge in [-0.25, -0.2) is 0 Å². The summed E-state index contributed by atoms with van der Waals surface area (Å²) in [6, 6.07) is 65.7. The van der Waals surface area contributed by atoms with Crippen LogP contribution in [-0.4, -0.2) is 9.13 Å². The van der Waals surface area contributed by atoms with Gasteiger partial charge in [-0.2, -0.15) is 47.4 Å². The van der Waals surface area contributed by atoms with Gasteiger partial charge in [0.1, 0.15) is 0 Å². The van der Waals surface area contributed by atoms with Crippen LogP contribution in [0, 0.1) is 45.3 Å². The first-order valence-electron chi connectivity index (χ1n) is 24.3. The molecule has 78 heavy (non-hydrogen) atoms. The van der Waals surface area contributed by atoms with E-state index in [1.54, 1.807) is 57.7 Å². The lowest BCUT2D eigenvalue weighted by Crippen LogP contribution is -2.12. The van der Waals surface area contributed by atoms with Crippen LogP contribution >= 0.6 is 0 Å². The average Bonchev–Trinajstić information content (AvgIpc) is 4.22. The lowest BCUT2D eigenvalue weighted by Gasteiger charge is -2.21. The summed E-state index contributed by atoms with van der Waals surface area (Å²) in [6.07, 6.45) is -10.2. The third-order valence-corrected chi connectivity index (χ3v) is 14.3. The molecule has 0 radical (unpaired) electrons. The maximum atomic E-state index is 15.5. The van der Waals surface area contributed by atoms with E-state index in [9.17, 15) is 21.0 Å². The third-order valence-electron chi connectivity index (χ3n) is 14.3. The SMILES string of the molecule is N#Cc1ccc(-c2ccc3c(c2)c2cc(-c4ccc(C#N)cc4)ccc2n3-c2ccc(C(F)(F)F)c(-c3cc(-n4c5ccc(-c6ccc(C#N)cc6)cc5c5cc(-c6ccc(C#N)cc6)ccc54)ccc3C(F)(F)F)c2)cc1. The van der Waals surface area contributed by atoms with Crippen LogP contribution in [0.3, 0.4) is 0 Å². The van der Waals surface area contributed by atoms with Crippen molar-refractivity contribution in [2.75, 3.05) is 0 Å². The maximum absolute atomic E-state index is 15.5. The molecule has 0 unspecified atom stereocenters. The zero-order valence-corrected chi connectivity index (χ0v) is 40.6. The van der Waals surface area contributed by atoms with E-state index >= 15 is 26.3 Å². The van der Waals surface area contributed by atoms with Crippen LogP contribution in [0.15, 0.2) is 206 Å². The maximum Gasteiger partial charge on any atom is 0.417 e. The topological polar surface area (TPSA) is 105 Å². The second kappa shape index (κ2) is 18.6. The van der Waals surface area contributed by atoms with Crippen LogP contribution < -0.4 is 0 Å². The predicted octanol–water partition coefficient (Wildman–Crippen LogP) is 17.7. The second-order valence-electron chi connectivity index (χ2n) is 18.8. The first kappa shape index (κ1) is 48.3. The molecule has 10 aromatic carbocycles. The second-order valence-corrected chi connectivity index (χ2v) is 18.8. The molecule has 12 heteroatoms. The monoisotopic (exact) mass is 1020 g/mol. The Morgan fingerprint density at radius 3 is 0.718 bits per heavy atom. The van der Waals surface area contributed by atoms with E-state index in [0.29, 0.717) is 65.9 Å². The molecule has 0 aliphatic heterocycles. The summed E-state index contributed by atoms with van der Waals surface area (Å²) in [6.45, 7) is 0. The predicted molar refractivity (Wildman–Crippen MR) is 291 cm³/mol. The first-order valence-corrected chi connectivity index (χ1v) is 24.3. The van der Waals surface area contributed by atoms with Crippen LogP contribution in [-0.2, 0) is 12.4 Å². The Morgan fingerprint density at radius 2 is 0.500 bits per heavy atom. The Kier molecular flexibility index (Phi) is 11.5. The van der Waals surface area contributed by atoms with Crippen molar-refractivity contribution >= 4 is 43.6 Å². The van der Waals surface area contributed by atoms with Gasteiger partial charge in [-0.1, -0.05) is 72.8 Å². The molecule has 0 saturated heterocycles. The number of alkyl halides is 6. The summed E-state index contributed by atoms with van der Waals surface area (Å²) in [7, 11) is 0. The molecule has 0 N–H and O–H groups in total. The summed E-state index contributed by atoms with van der Waals surface area (Å²) in [5.74, 6) is 0. The largest absolute Gasteiger partial charge is 0.417 e. The van der Waals surface area contributed by atoms with Gasteiger partial charge in [-0.15, -0.1) is 0 Å². The van der Waals surface area contributed by atoms with Crippen molar-refractivity contribution in [3.63, 3.8) is 0 Å². The van der Waals surface area contributed by atoms with Gasteiger partial charge < -0.3 is 9.13 Å². The lowest BCUT2D eigenvalue weighted by atomic mass is 9.93. The van der Waals surface area contributed by atoms with Gasteiger partial charge in [0.05, 0.1) is 79.7 Å². The number of hydrogen-bond acceptors (Lipinski definition) is 4. The van der Waals surface area contributed by atoms with E-state index in [2.05, 4.69) is 24.3 Å². The summed E-state index contributed by atoms with van der Waals surface area (Å²) in [4.78, 5) is 0. The molecule has 6 nitrogen and oxygen atoms in total. The number of fused-ring (bicyclic) bond motifs is 6. The smallest absolute Gasteiger partial charge is 0.309 e. The molecule has 12 aromatic rings. The summed E-state index contributed by atoms with van der Waals surface area (Å²) >= 11 is 0. The molecule has 12 rings (SSSR count). The van der Waals surface area contributed by atoms with E-state index in [4.69, 9.17) is 0 Å². The minimum Gasteiger partial charge on any atom is -0.309 e. The van der Waals surface area contributed by atoms with Crippen LogP contribution in [0.1, 0.15) is 33.4 Å². The van der Waals surface area contributed by atoms with Crippen molar-refractivity contribution in [2.45, 2.75) is 12.4 Å². The number of aromatic nitrogens is 2. The third kappa shape index (κ3) is 8.41. The van der Waals surface area contributed by atoms with Gasteiger partial charge in [-0.05, 0) is 189 Å². The minimum atomic E-state index is -5.09. The first-order chi connectivity index (χ1) is 37.7. The molecule has 370 valence electrons. The highest BCUT2D eigenvalue weighted by atomic mass is 19.4. The quantitative estimate of drug-likeness (QED) is 0.148. The molecule has 0 saturated carbocycles. The van der Waals surface area contributed by atoms with Gasteiger partial charge in [0.2, 0.25) is 0 Å². The summed E-state index contributed by atoms with van der Waals surface area (Å²) < 4.78 is 96.6. The van der Waals surface area contributed by atoms with Crippen molar-refractivity contribution in [3.05, 3.63) is 240 Å². The molecule has 0 atom stereocenters. The summed E-state index contributed by atoms with van der Waals surface area (Å²) in [5, 5.41) is 40.7. The van der Waals surface area contributed by atoms with E-state index in [1.165, 1.54) is 24.3 Å². The Labute approximate surface area is 441 Å². The molecule has 0 spiro atoms. The average molecular weight is 1030 g/mol. The highest BCUT2D eigenvalue weighted by molar-refractivity contribution is 6.13. The Morgan fingerprint density at radius 1 is 0.269 bits per heavy atom. The molecule has 0 bridgehead atoms. The fourth-order valence-electron chi connectivity index (χ4n) is 10.6. The van der Waals surface area contributed by atoms with E-state index in [-0.39, 0.29) is 11.4 Å². The van der Waals surface area contributed by atoms with Crippen molar-refractivity contribution in [3.8, 4) is 91.3 Å². The van der Waals surface area contributed by atoms with Crippen molar-refractivity contribution in [2.24, 2.45) is 0 Å². The highest BCUT2D eigenvalue weighted by Crippen LogP contribution is 2.47. The fourth-order valence-corrected chi connectivity index (χ4v) is 10.6. The van der Waals surface area contributed by atoms with E-state index in [0.717, 1.165) is 56.6 Å². The Balaban J connectivity index is 1.08. The molecular formula is C66H34F6N6. The normalized spacial score (nSPS) is 11.7. The lowest BCUT2D eigenvalue weighted by molar-refractivity contribution is -0.139. The summed E-state index contributed by atoms with van der Waals surface area (Å²) in [5.41, 5.74) is 7.01. The van der Waals surface area contributed by atoms with Gasteiger partial charge in [0.15, 0.2) is 0 Å². The number of rotatable bonds is 7. The number of nitrogens with zero attached hydrogens (tertiary/aromatic N) is 6. The van der Waals surface area contributed by atoms with Crippen molar-refractivity contribution in [1.82, 2.24) is 9.13 Å². The fraction of sp³-hybridized carbons (Fsp3) is 0.0303. The van der Waals surface area contributed by atoms with Gasteiger partial charge in [0, 0.05) is 32.9 Å². The van der Waals surface area contributed by atoms with Gasteiger partial charge >= 0.3 is 12.4 Å². The van der Waals surface area contributed by atoms with Crippen LogP contribution in [0.25, 0.3) is 111 Å². The molecule has 2 aromatic heterocycles. The molecule has 0 fully saturated rings. The van der Waals surface area contributed by atoms with Gasteiger partial charge in [-0.3, -0.25) is 0 Å².